The monoisotopic (exact) mass is 548 g/mol. The van der Waals surface area contributed by atoms with Gasteiger partial charge in [0, 0.05) is 65.3 Å². The van der Waals surface area contributed by atoms with Crippen LogP contribution in [0.1, 0.15) is 46.0 Å². The first-order chi connectivity index (χ1) is 14.4. The fourth-order valence-electron chi connectivity index (χ4n) is 4.58. The number of likely N-dealkylation sites (tertiary alicyclic amines) is 1. The summed E-state index contributed by atoms with van der Waals surface area (Å²) >= 11 is 0. The Bertz CT molecular complexity index is 609. The van der Waals surface area contributed by atoms with Crippen LogP contribution in [0.4, 0.5) is 0 Å². The van der Waals surface area contributed by atoms with Crippen LogP contribution in [0, 0.1) is 11.8 Å². The van der Waals surface area contributed by atoms with E-state index in [1.165, 1.54) is 6.42 Å². The molecule has 9 heteroatoms. The number of hydrogen-bond donors (Lipinski definition) is 2. The predicted octanol–water partition coefficient (Wildman–Crippen LogP) is 1.36. The highest BCUT2D eigenvalue weighted by Gasteiger charge is 2.28. The topological polar surface area (TPSA) is 80.3 Å². The third-order valence-corrected chi connectivity index (χ3v) is 6.27. The van der Waals surface area contributed by atoms with Crippen molar-refractivity contribution in [2.24, 2.45) is 16.8 Å². The summed E-state index contributed by atoms with van der Waals surface area (Å²) in [7, 11) is 1.80. The molecule has 2 amide bonds. The van der Waals surface area contributed by atoms with E-state index in [9.17, 15) is 9.59 Å². The first kappa shape index (κ1) is 26.2. The summed E-state index contributed by atoms with van der Waals surface area (Å²) in [5, 5.41) is 6.41. The maximum Gasteiger partial charge on any atom is 0.236 e. The number of nitrogens with zero attached hydrogens (tertiary/aromatic N) is 4. The molecule has 1 aliphatic carbocycles. The molecule has 2 atom stereocenters. The van der Waals surface area contributed by atoms with Crippen molar-refractivity contribution in [3.05, 3.63) is 0 Å². The number of piperazine rings is 1. The first-order valence-electron chi connectivity index (χ1n) is 11.7. The second kappa shape index (κ2) is 12.8. The molecule has 178 valence electrons. The molecule has 3 aliphatic rings. The fourth-order valence-corrected chi connectivity index (χ4v) is 4.58. The number of nitrogens with one attached hydrogen (secondary N) is 2. The standard InChI is InChI=1S/C22H40N6O2.HI/c1-17-13-18(2)15-28(14-17)21(30)16-26-9-11-27(12-10-26)22(23-3)24-8-4-5-20(29)25-19-6-7-19;/h17-19H,4-16H2,1-3H3,(H,23,24)(H,25,29);1H. The van der Waals surface area contributed by atoms with Crippen molar-refractivity contribution in [1.82, 2.24) is 25.3 Å². The third-order valence-electron chi connectivity index (χ3n) is 6.27. The van der Waals surface area contributed by atoms with E-state index in [1.54, 1.807) is 7.05 Å². The molecular weight excluding hydrogens is 507 g/mol. The van der Waals surface area contributed by atoms with Gasteiger partial charge in [0.2, 0.25) is 11.8 Å². The number of aliphatic imine (C=N–C) groups is 1. The number of guanidine groups is 1. The fraction of sp³-hybridized carbons (Fsp3) is 0.864. The van der Waals surface area contributed by atoms with E-state index in [0.29, 0.717) is 30.8 Å². The van der Waals surface area contributed by atoms with Gasteiger partial charge in [-0.25, -0.2) is 0 Å². The smallest absolute Gasteiger partial charge is 0.236 e. The van der Waals surface area contributed by atoms with Gasteiger partial charge in [-0.3, -0.25) is 19.5 Å². The lowest BCUT2D eigenvalue weighted by atomic mass is 9.92. The molecule has 0 spiro atoms. The first-order valence-corrected chi connectivity index (χ1v) is 11.7. The summed E-state index contributed by atoms with van der Waals surface area (Å²) in [6.07, 6.45) is 4.84. The van der Waals surface area contributed by atoms with E-state index < -0.39 is 0 Å². The van der Waals surface area contributed by atoms with Crippen molar-refractivity contribution in [1.29, 1.82) is 0 Å². The molecule has 0 aromatic heterocycles. The minimum atomic E-state index is 0. The Hall–Kier alpha value is -1.10. The van der Waals surface area contributed by atoms with Gasteiger partial charge in [0.05, 0.1) is 6.54 Å². The largest absolute Gasteiger partial charge is 0.356 e. The van der Waals surface area contributed by atoms with Gasteiger partial charge >= 0.3 is 0 Å². The van der Waals surface area contributed by atoms with Crippen molar-refractivity contribution in [3.63, 3.8) is 0 Å². The molecule has 2 aliphatic heterocycles. The maximum atomic E-state index is 12.7. The Balaban J connectivity index is 0.00000341. The van der Waals surface area contributed by atoms with Gasteiger partial charge in [0.1, 0.15) is 0 Å². The van der Waals surface area contributed by atoms with Crippen LogP contribution in [0.2, 0.25) is 0 Å². The molecule has 0 aromatic rings. The summed E-state index contributed by atoms with van der Waals surface area (Å²) in [4.78, 5) is 35.5. The van der Waals surface area contributed by atoms with Crippen molar-refractivity contribution >= 4 is 41.8 Å². The second-order valence-electron chi connectivity index (χ2n) is 9.43. The van der Waals surface area contributed by atoms with Crippen molar-refractivity contribution in [2.45, 2.75) is 52.0 Å². The number of hydrogen-bond acceptors (Lipinski definition) is 4. The van der Waals surface area contributed by atoms with Gasteiger partial charge < -0.3 is 20.4 Å². The van der Waals surface area contributed by atoms with Crippen LogP contribution in [0.3, 0.4) is 0 Å². The number of piperidine rings is 1. The number of carbonyl (C=O) groups excluding carboxylic acids is 2. The SMILES string of the molecule is CN=C(NCCCC(=O)NC1CC1)N1CCN(CC(=O)N2CC(C)CC(C)C2)CC1.I. The average molecular weight is 549 g/mol. The zero-order chi connectivity index (χ0) is 21.5. The Kier molecular flexibility index (Phi) is 10.8. The number of halogens is 1. The molecule has 31 heavy (non-hydrogen) atoms. The van der Waals surface area contributed by atoms with Crippen LogP contribution in [-0.2, 0) is 9.59 Å². The maximum absolute atomic E-state index is 12.7. The molecule has 0 aromatic carbocycles. The molecule has 8 nitrogen and oxygen atoms in total. The summed E-state index contributed by atoms with van der Waals surface area (Å²) in [6.45, 7) is 11.0. The summed E-state index contributed by atoms with van der Waals surface area (Å²) in [6, 6.07) is 0.433. The molecule has 1 saturated carbocycles. The van der Waals surface area contributed by atoms with E-state index in [-0.39, 0.29) is 35.8 Å². The molecule has 0 bridgehead atoms. The van der Waals surface area contributed by atoms with E-state index in [4.69, 9.17) is 0 Å². The highest BCUT2D eigenvalue weighted by Crippen LogP contribution is 2.21. The van der Waals surface area contributed by atoms with E-state index >= 15 is 0 Å². The van der Waals surface area contributed by atoms with Crippen LogP contribution in [-0.4, -0.2) is 97.9 Å². The molecule has 3 fully saturated rings. The van der Waals surface area contributed by atoms with Gasteiger partial charge in [-0.1, -0.05) is 13.8 Å². The average Bonchev–Trinajstić information content (AvgIpc) is 3.52. The molecule has 2 heterocycles. The summed E-state index contributed by atoms with van der Waals surface area (Å²) in [5.74, 6) is 2.52. The third kappa shape index (κ3) is 8.75. The quantitative estimate of drug-likeness (QED) is 0.218. The minimum Gasteiger partial charge on any atom is -0.356 e. The van der Waals surface area contributed by atoms with Crippen molar-refractivity contribution in [3.8, 4) is 0 Å². The lowest BCUT2D eigenvalue weighted by Crippen LogP contribution is -2.55. The van der Waals surface area contributed by atoms with Crippen LogP contribution < -0.4 is 10.6 Å². The van der Waals surface area contributed by atoms with Gasteiger partial charge in [-0.05, 0) is 37.5 Å². The lowest BCUT2D eigenvalue weighted by molar-refractivity contribution is -0.135. The Morgan fingerprint density at radius 2 is 1.65 bits per heavy atom. The van der Waals surface area contributed by atoms with Crippen LogP contribution in [0.15, 0.2) is 4.99 Å². The zero-order valence-electron chi connectivity index (χ0n) is 19.4. The number of rotatable bonds is 7. The molecule has 0 radical (unpaired) electrons. The zero-order valence-corrected chi connectivity index (χ0v) is 21.8. The van der Waals surface area contributed by atoms with Crippen LogP contribution in [0.25, 0.3) is 0 Å². The molecule has 2 N–H and O–H groups in total. The lowest BCUT2D eigenvalue weighted by Gasteiger charge is -2.39. The highest BCUT2D eigenvalue weighted by molar-refractivity contribution is 14.0. The van der Waals surface area contributed by atoms with E-state index in [0.717, 1.165) is 71.0 Å². The van der Waals surface area contributed by atoms with Gasteiger partial charge in [0.25, 0.3) is 0 Å². The highest BCUT2D eigenvalue weighted by atomic mass is 127. The molecule has 2 unspecified atom stereocenters. The minimum absolute atomic E-state index is 0. The Morgan fingerprint density at radius 1 is 1.00 bits per heavy atom. The molecule has 2 saturated heterocycles. The van der Waals surface area contributed by atoms with Gasteiger partial charge in [0.15, 0.2) is 5.96 Å². The Morgan fingerprint density at radius 3 is 2.23 bits per heavy atom. The number of amides is 2. The molecular formula is C22H41IN6O2. The van der Waals surface area contributed by atoms with Gasteiger partial charge in [-0.15, -0.1) is 24.0 Å². The normalized spacial score (nSPS) is 25.1. The number of carbonyl (C=O) groups is 2. The Labute approximate surface area is 204 Å². The summed E-state index contributed by atoms with van der Waals surface area (Å²) in [5.41, 5.74) is 0. The van der Waals surface area contributed by atoms with Crippen LogP contribution in [0.5, 0.6) is 0 Å². The van der Waals surface area contributed by atoms with Crippen molar-refractivity contribution < 1.29 is 9.59 Å². The molecule has 3 rings (SSSR count). The summed E-state index contributed by atoms with van der Waals surface area (Å²) < 4.78 is 0. The van der Waals surface area contributed by atoms with Crippen molar-refractivity contribution in [2.75, 3.05) is 59.4 Å². The van der Waals surface area contributed by atoms with E-state index in [1.807, 2.05) is 0 Å². The van der Waals surface area contributed by atoms with Gasteiger partial charge in [-0.2, -0.15) is 0 Å². The van der Waals surface area contributed by atoms with E-state index in [2.05, 4.69) is 44.2 Å². The second-order valence-corrected chi connectivity index (χ2v) is 9.43. The van der Waals surface area contributed by atoms with Crippen LogP contribution >= 0.6 is 24.0 Å². The predicted molar refractivity (Wildman–Crippen MR) is 135 cm³/mol.